The van der Waals surface area contributed by atoms with Crippen LogP contribution in [0.3, 0.4) is 0 Å². The van der Waals surface area contributed by atoms with Gasteiger partial charge in [0.05, 0.1) is 5.92 Å². The van der Waals surface area contributed by atoms with Crippen molar-refractivity contribution >= 4 is 29.9 Å². The van der Waals surface area contributed by atoms with Gasteiger partial charge in [-0.1, -0.05) is 0 Å². The van der Waals surface area contributed by atoms with Gasteiger partial charge in [0.15, 0.2) is 11.5 Å². The smallest absolute Gasteiger partial charge is 0.228 e. The maximum absolute atomic E-state index is 12.8. The number of hydrogen-bond acceptors (Lipinski definition) is 5. The molecule has 2 amide bonds. The van der Waals surface area contributed by atoms with Crippen LogP contribution >= 0.6 is 12.4 Å². The fraction of sp³-hybridized carbons (Fsp3) is 0.556. The summed E-state index contributed by atoms with van der Waals surface area (Å²) in [4.78, 5) is 28.8. The van der Waals surface area contributed by atoms with Crippen LogP contribution in [0.4, 0.5) is 5.69 Å². The van der Waals surface area contributed by atoms with Crippen molar-refractivity contribution in [3.63, 3.8) is 0 Å². The molecular formula is C18H24ClN3O4. The highest BCUT2D eigenvalue weighted by Gasteiger charge is 2.37. The molecule has 1 unspecified atom stereocenters. The Bertz CT molecular complexity index is 676. The van der Waals surface area contributed by atoms with E-state index in [1.165, 1.54) is 0 Å². The first-order chi connectivity index (χ1) is 12.2. The van der Waals surface area contributed by atoms with E-state index in [0.29, 0.717) is 37.8 Å². The zero-order valence-corrected chi connectivity index (χ0v) is 15.4. The van der Waals surface area contributed by atoms with E-state index in [4.69, 9.17) is 9.47 Å². The number of amides is 2. The van der Waals surface area contributed by atoms with Gasteiger partial charge in [-0.15, -0.1) is 12.4 Å². The normalized spacial score (nSPS) is 22.6. The van der Waals surface area contributed by atoms with Gasteiger partial charge in [-0.25, -0.2) is 0 Å². The number of hydrogen-bond donors (Lipinski definition) is 1. The summed E-state index contributed by atoms with van der Waals surface area (Å²) in [6, 6.07) is 5.51. The van der Waals surface area contributed by atoms with Crippen molar-refractivity contribution in [2.45, 2.75) is 12.8 Å². The van der Waals surface area contributed by atoms with Crippen LogP contribution in [0.2, 0.25) is 0 Å². The fourth-order valence-corrected chi connectivity index (χ4v) is 3.65. The van der Waals surface area contributed by atoms with E-state index in [-0.39, 0.29) is 36.6 Å². The van der Waals surface area contributed by atoms with Crippen LogP contribution < -0.4 is 19.7 Å². The second-order valence-corrected chi connectivity index (χ2v) is 6.66. The molecule has 142 valence electrons. The molecular weight excluding hydrogens is 358 g/mol. The van der Waals surface area contributed by atoms with E-state index in [0.717, 1.165) is 31.7 Å². The van der Waals surface area contributed by atoms with Gasteiger partial charge in [0.2, 0.25) is 11.8 Å². The predicted octanol–water partition coefficient (Wildman–Crippen LogP) is 1.05. The van der Waals surface area contributed by atoms with E-state index in [9.17, 15) is 9.59 Å². The van der Waals surface area contributed by atoms with E-state index < -0.39 is 0 Å². The molecule has 0 radical (unpaired) electrons. The van der Waals surface area contributed by atoms with E-state index in [1.54, 1.807) is 4.90 Å². The lowest BCUT2D eigenvalue weighted by Crippen LogP contribution is -2.39. The van der Waals surface area contributed by atoms with Crippen molar-refractivity contribution in [1.82, 2.24) is 10.2 Å². The second kappa shape index (κ2) is 8.14. The van der Waals surface area contributed by atoms with Crippen molar-refractivity contribution in [3.05, 3.63) is 18.2 Å². The molecule has 1 aromatic carbocycles. The van der Waals surface area contributed by atoms with Crippen molar-refractivity contribution < 1.29 is 19.1 Å². The number of benzene rings is 1. The van der Waals surface area contributed by atoms with E-state index >= 15 is 0 Å². The molecule has 2 fully saturated rings. The Morgan fingerprint density at radius 3 is 2.77 bits per heavy atom. The molecule has 3 heterocycles. The Hall–Kier alpha value is -1.99. The zero-order valence-electron chi connectivity index (χ0n) is 14.6. The van der Waals surface area contributed by atoms with Crippen LogP contribution in [0.25, 0.3) is 0 Å². The third-order valence-corrected chi connectivity index (χ3v) is 4.96. The molecule has 0 saturated carbocycles. The Balaban J connectivity index is 0.00000196. The van der Waals surface area contributed by atoms with Crippen LogP contribution in [-0.2, 0) is 9.59 Å². The summed E-state index contributed by atoms with van der Waals surface area (Å²) in [7, 11) is 0. The molecule has 7 nitrogen and oxygen atoms in total. The summed E-state index contributed by atoms with van der Waals surface area (Å²) < 4.78 is 11.1. The Morgan fingerprint density at radius 2 is 1.92 bits per heavy atom. The lowest BCUT2D eigenvalue weighted by molar-refractivity contribution is -0.135. The molecule has 0 aromatic heterocycles. The van der Waals surface area contributed by atoms with Gasteiger partial charge in [0.1, 0.15) is 13.2 Å². The Morgan fingerprint density at radius 1 is 1.12 bits per heavy atom. The minimum absolute atomic E-state index is 0. The number of anilines is 1. The maximum Gasteiger partial charge on any atom is 0.228 e. The van der Waals surface area contributed by atoms with Gasteiger partial charge in [-0.2, -0.15) is 0 Å². The van der Waals surface area contributed by atoms with Gasteiger partial charge < -0.3 is 24.6 Å². The first-order valence-electron chi connectivity index (χ1n) is 8.92. The average Bonchev–Trinajstić information content (AvgIpc) is 2.85. The van der Waals surface area contributed by atoms with Crippen LogP contribution in [0.5, 0.6) is 11.5 Å². The fourth-order valence-electron chi connectivity index (χ4n) is 3.65. The number of nitrogens with zero attached hydrogens (tertiary/aromatic N) is 2. The molecule has 8 heteroatoms. The van der Waals surface area contributed by atoms with Crippen molar-refractivity contribution in [3.8, 4) is 11.5 Å². The molecule has 0 aliphatic carbocycles. The molecule has 3 aliphatic heterocycles. The van der Waals surface area contributed by atoms with Gasteiger partial charge in [0, 0.05) is 44.4 Å². The summed E-state index contributed by atoms with van der Waals surface area (Å²) in [5.41, 5.74) is 0.766. The topological polar surface area (TPSA) is 71.1 Å². The molecule has 2 saturated heterocycles. The number of nitrogens with one attached hydrogen (secondary N) is 1. The largest absolute Gasteiger partial charge is 0.486 e. The van der Waals surface area contributed by atoms with Gasteiger partial charge >= 0.3 is 0 Å². The van der Waals surface area contributed by atoms with Crippen LogP contribution in [0, 0.1) is 5.92 Å². The van der Waals surface area contributed by atoms with Crippen molar-refractivity contribution in [2.24, 2.45) is 5.92 Å². The first kappa shape index (κ1) is 18.8. The number of halogens is 1. The standard InChI is InChI=1S/C18H23N3O4.ClH/c22-17-10-13(18(23)20-6-1-4-19-5-7-20)12-21(17)14-2-3-15-16(11-14)25-9-8-24-15;/h2-3,11,13,19H,1,4-10,12H2;1H. The van der Waals surface area contributed by atoms with Crippen LogP contribution in [-0.4, -0.2) is 62.7 Å². The molecule has 1 aromatic rings. The van der Waals surface area contributed by atoms with Gasteiger partial charge in [0.25, 0.3) is 0 Å². The average molecular weight is 382 g/mol. The Kier molecular flexibility index (Phi) is 5.88. The summed E-state index contributed by atoms with van der Waals surface area (Å²) in [5.74, 6) is 1.18. The molecule has 4 rings (SSSR count). The summed E-state index contributed by atoms with van der Waals surface area (Å²) in [6.07, 6.45) is 1.23. The number of fused-ring (bicyclic) bond motifs is 1. The second-order valence-electron chi connectivity index (χ2n) is 6.66. The van der Waals surface area contributed by atoms with Crippen LogP contribution in [0.1, 0.15) is 12.8 Å². The third kappa shape index (κ3) is 3.73. The summed E-state index contributed by atoms with van der Waals surface area (Å²) >= 11 is 0. The molecule has 3 aliphatic rings. The molecule has 0 spiro atoms. The quantitative estimate of drug-likeness (QED) is 0.829. The predicted molar refractivity (Wildman–Crippen MR) is 99.2 cm³/mol. The van der Waals surface area contributed by atoms with Gasteiger partial charge in [-0.05, 0) is 25.1 Å². The number of carbonyl (C=O) groups is 2. The van der Waals surface area contributed by atoms with Crippen molar-refractivity contribution in [1.29, 1.82) is 0 Å². The lowest BCUT2D eigenvalue weighted by atomic mass is 10.1. The SMILES string of the molecule is Cl.O=C(C1CC(=O)N(c2ccc3c(c2)OCCO3)C1)N1CCCNCC1. The summed E-state index contributed by atoms with van der Waals surface area (Å²) in [5, 5.41) is 3.30. The highest BCUT2D eigenvalue weighted by atomic mass is 35.5. The van der Waals surface area contributed by atoms with E-state index in [1.807, 2.05) is 23.1 Å². The minimum atomic E-state index is -0.265. The maximum atomic E-state index is 12.8. The molecule has 1 N–H and O–H groups in total. The number of carbonyl (C=O) groups excluding carboxylic acids is 2. The highest BCUT2D eigenvalue weighted by Crippen LogP contribution is 2.36. The van der Waals surface area contributed by atoms with Crippen LogP contribution in [0.15, 0.2) is 18.2 Å². The first-order valence-corrected chi connectivity index (χ1v) is 8.92. The third-order valence-electron chi connectivity index (χ3n) is 4.96. The number of ether oxygens (including phenoxy) is 2. The molecule has 0 bridgehead atoms. The zero-order chi connectivity index (χ0) is 17.2. The van der Waals surface area contributed by atoms with E-state index in [2.05, 4.69) is 5.32 Å². The van der Waals surface area contributed by atoms with Crippen molar-refractivity contribution in [2.75, 3.05) is 50.8 Å². The minimum Gasteiger partial charge on any atom is -0.486 e. The van der Waals surface area contributed by atoms with Gasteiger partial charge in [-0.3, -0.25) is 9.59 Å². The molecule has 1 atom stereocenters. The Labute approximate surface area is 159 Å². The summed E-state index contributed by atoms with van der Waals surface area (Å²) in [6.45, 7) is 4.72. The lowest BCUT2D eigenvalue weighted by Gasteiger charge is -2.24. The highest BCUT2D eigenvalue weighted by molar-refractivity contribution is 6.00. The number of rotatable bonds is 2. The molecule has 26 heavy (non-hydrogen) atoms. The monoisotopic (exact) mass is 381 g/mol.